The maximum absolute atomic E-state index is 10.6. The van der Waals surface area contributed by atoms with E-state index in [-0.39, 0.29) is 6.10 Å². The van der Waals surface area contributed by atoms with Gasteiger partial charge in [0.15, 0.2) is 11.5 Å². The first-order chi connectivity index (χ1) is 9.34. The molecule has 2 fully saturated rings. The Morgan fingerprint density at radius 1 is 1.00 bits per heavy atom. The number of aliphatic hydroxyl groups is 1. The molecule has 0 aromatic heterocycles. The first-order valence-corrected chi connectivity index (χ1v) is 7.42. The summed E-state index contributed by atoms with van der Waals surface area (Å²) in [5, 5.41) is 10.6. The van der Waals surface area contributed by atoms with Gasteiger partial charge in [-0.1, -0.05) is 18.9 Å². The van der Waals surface area contributed by atoms with E-state index in [2.05, 4.69) is 0 Å². The molecule has 102 valence electrons. The molecule has 1 N–H and O–H groups in total. The lowest BCUT2D eigenvalue weighted by Crippen LogP contribution is -2.15. The predicted octanol–water partition coefficient (Wildman–Crippen LogP) is 2.93. The maximum Gasteiger partial charge on any atom is 0.161 e. The van der Waals surface area contributed by atoms with Crippen molar-refractivity contribution in [3.63, 3.8) is 0 Å². The van der Waals surface area contributed by atoms with Crippen molar-refractivity contribution in [2.75, 3.05) is 13.2 Å². The molecule has 3 atom stereocenters. The highest BCUT2D eigenvalue weighted by atomic mass is 16.6. The lowest BCUT2D eigenvalue weighted by Gasteiger charge is -2.20. The second kappa shape index (κ2) is 4.41. The molecule has 2 aliphatic carbocycles. The van der Waals surface area contributed by atoms with Gasteiger partial charge in [-0.15, -0.1) is 0 Å². The van der Waals surface area contributed by atoms with Gasteiger partial charge in [0, 0.05) is 0 Å². The SMILES string of the molecule is OC(c1ccc2c(c1)OCCO2)C1C2CCCCC21. The second-order valence-electron chi connectivity index (χ2n) is 6.04. The number of hydrogen-bond donors (Lipinski definition) is 1. The molecule has 0 spiro atoms. The Balaban J connectivity index is 1.55. The molecule has 4 rings (SSSR count). The monoisotopic (exact) mass is 260 g/mol. The molecule has 19 heavy (non-hydrogen) atoms. The lowest BCUT2D eigenvalue weighted by atomic mass is 10.0. The van der Waals surface area contributed by atoms with Crippen molar-refractivity contribution in [2.24, 2.45) is 17.8 Å². The molecule has 1 heterocycles. The first kappa shape index (κ1) is 11.6. The summed E-state index contributed by atoms with van der Waals surface area (Å²) in [4.78, 5) is 0. The summed E-state index contributed by atoms with van der Waals surface area (Å²) in [6.45, 7) is 1.21. The number of hydrogen-bond acceptors (Lipinski definition) is 3. The number of fused-ring (bicyclic) bond motifs is 2. The Labute approximate surface area is 113 Å². The molecule has 0 bridgehead atoms. The third kappa shape index (κ3) is 1.91. The Morgan fingerprint density at radius 3 is 2.42 bits per heavy atom. The van der Waals surface area contributed by atoms with Gasteiger partial charge in [-0.25, -0.2) is 0 Å². The highest BCUT2D eigenvalue weighted by molar-refractivity contribution is 5.44. The van der Waals surface area contributed by atoms with Crippen LogP contribution in [0.1, 0.15) is 37.4 Å². The molecule has 0 saturated heterocycles. The third-order valence-electron chi connectivity index (χ3n) is 5.00. The Hall–Kier alpha value is -1.22. The van der Waals surface area contributed by atoms with E-state index in [1.807, 2.05) is 18.2 Å². The molecule has 3 nitrogen and oxygen atoms in total. The smallest absolute Gasteiger partial charge is 0.161 e. The Bertz CT molecular complexity index is 473. The van der Waals surface area contributed by atoms with E-state index in [0.717, 1.165) is 28.9 Å². The van der Waals surface area contributed by atoms with Crippen LogP contribution in [0.5, 0.6) is 11.5 Å². The van der Waals surface area contributed by atoms with Crippen molar-refractivity contribution < 1.29 is 14.6 Å². The molecule has 2 saturated carbocycles. The van der Waals surface area contributed by atoms with Gasteiger partial charge in [-0.05, 0) is 48.3 Å². The molecule has 0 amide bonds. The summed E-state index contributed by atoms with van der Waals surface area (Å²) in [5.41, 5.74) is 0.989. The van der Waals surface area contributed by atoms with E-state index >= 15 is 0 Å². The van der Waals surface area contributed by atoms with E-state index in [4.69, 9.17) is 9.47 Å². The molecule has 1 aliphatic heterocycles. The summed E-state index contributed by atoms with van der Waals surface area (Å²) in [6.07, 6.45) is 4.95. The minimum atomic E-state index is -0.330. The third-order valence-corrected chi connectivity index (χ3v) is 5.00. The topological polar surface area (TPSA) is 38.7 Å². The molecule has 1 aromatic rings. The molecule has 0 radical (unpaired) electrons. The van der Waals surface area contributed by atoms with Crippen molar-refractivity contribution in [3.05, 3.63) is 23.8 Å². The van der Waals surface area contributed by atoms with Crippen LogP contribution < -0.4 is 9.47 Å². The van der Waals surface area contributed by atoms with Crippen LogP contribution in [0.25, 0.3) is 0 Å². The lowest BCUT2D eigenvalue weighted by molar-refractivity contribution is 0.139. The van der Waals surface area contributed by atoms with E-state index in [0.29, 0.717) is 19.1 Å². The highest BCUT2D eigenvalue weighted by Crippen LogP contribution is 2.60. The van der Waals surface area contributed by atoms with Gasteiger partial charge in [-0.2, -0.15) is 0 Å². The normalized spacial score (nSPS) is 33.4. The van der Waals surface area contributed by atoms with Gasteiger partial charge < -0.3 is 14.6 Å². The first-order valence-electron chi connectivity index (χ1n) is 7.42. The minimum absolute atomic E-state index is 0.330. The van der Waals surface area contributed by atoms with Gasteiger partial charge in [0.1, 0.15) is 13.2 Å². The van der Waals surface area contributed by atoms with Crippen molar-refractivity contribution >= 4 is 0 Å². The fraction of sp³-hybridized carbons (Fsp3) is 0.625. The summed E-state index contributed by atoms with van der Waals surface area (Å²) >= 11 is 0. The van der Waals surface area contributed by atoms with E-state index in [1.165, 1.54) is 25.7 Å². The number of aliphatic hydroxyl groups excluding tert-OH is 1. The quantitative estimate of drug-likeness (QED) is 0.888. The minimum Gasteiger partial charge on any atom is -0.486 e. The van der Waals surface area contributed by atoms with Crippen molar-refractivity contribution in [1.82, 2.24) is 0 Å². The van der Waals surface area contributed by atoms with Crippen molar-refractivity contribution in [1.29, 1.82) is 0 Å². The van der Waals surface area contributed by atoms with Crippen LogP contribution in [0.4, 0.5) is 0 Å². The van der Waals surface area contributed by atoms with Gasteiger partial charge in [0.25, 0.3) is 0 Å². The van der Waals surface area contributed by atoms with Crippen LogP contribution in [0.15, 0.2) is 18.2 Å². The van der Waals surface area contributed by atoms with Gasteiger partial charge in [-0.3, -0.25) is 0 Å². The Morgan fingerprint density at radius 2 is 1.68 bits per heavy atom. The maximum atomic E-state index is 10.6. The van der Waals surface area contributed by atoms with Crippen molar-refractivity contribution in [2.45, 2.75) is 31.8 Å². The fourth-order valence-electron chi connectivity index (χ4n) is 3.98. The van der Waals surface area contributed by atoms with Crippen LogP contribution in [-0.4, -0.2) is 18.3 Å². The molecular weight excluding hydrogens is 240 g/mol. The van der Waals surface area contributed by atoms with Crippen LogP contribution in [0.3, 0.4) is 0 Å². The number of benzene rings is 1. The number of rotatable bonds is 2. The van der Waals surface area contributed by atoms with Crippen LogP contribution in [0.2, 0.25) is 0 Å². The zero-order chi connectivity index (χ0) is 12.8. The molecular formula is C16H20O3. The summed E-state index contributed by atoms with van der Waals surface area (Å²) in [7, 11) is 0. The molecule has 3 aliphatic rings. The average Bonchev–Trinajstić information content (AvgIpc) is 3.20. The molecule has 1 aromatic carbocycles. The van der Waals surface area contributed by atoms with Crippen LogP contribution in [0, 0.1) is 17.8 Å². The fourth-order valence-corrected chi connectivity index (χ4v) is 3.98. The highest BCUT2D eigenvalue weighted by Gasteiger charge is 2.54. The number of ether oxygens (including phenoxy) is 2. The summed E-state index contributed by atoms with van der Waals surface area (Å²) < 4.78 is 11.1. The standard InChI is InChI=1S/C16H20O3/c17-16(15-11-3-1-2-4-12(11)15)10-5-6-13-14(9-10)19-8-7-18-13/h5-6,9,11-12,15-17H,1-4,7-8H2. The van der Waals surface area contributed by atoms with Gasteiger partial charge in [0.05, 0.1) is 6.10 Å². The van der Waals surface area contributed by atoms with E-state index in [9.17, 15) is 5.11 Å². The van der Waals surface area contributed by atoms with Gasteiger partial charge >= 0.3 is 0 Å². The molecule has 3 unspecified atom stereocenters. The van der Waals surface area contributed by atoms with Crippen LogP contribution in [-0.2, 0) is 0 Å². The van der Waals surface area contributed by atoms with E-state index in [1.54, 1.807) is 0 Å². The van der Waals surface area contributed by atoms with Crippen LogP contribution >= 0.6 is 0 Å². The second-order valence-corrected chi connectivity index (χ2v) is 6.04. The van der Waals surface area contributed by atoms with Crippen molar-refractivity contribution in [3.8, 4) is 11.5 Å². The molecule has 3 heteroatoms. The zero-order valence-corrected chi connectivity index (χ0v) is 11.0. The zero-order valence-electron chi connectivity index (χ0n) is 11.0. The van der Waals surface area contributed by atoms with E-state index < -0.39 is 0 Å². The largest absolute Gasteiger partial charge is 0.486 e. The summed E-state index contributed by atoms with van der Waals surface area (Å²) in [5.74, 6) is 3.58. The Kier molecular flexibility index (Phi) is 2.69. The van der Waals surface area contributed by atoms with Gasteiger partial charge in [0.2, 0.25) is 0 Å². The summed E-state index contributed by atoms with van der Waals surface area (Å²) in [6, 6.07) is 5.88. The predicted molar refractivity (Wildman–Crippen MR) is 71.3 cm³/mol. The average molecular weight is 260 g/mol.